The number of unbranched alkanes of at least 4 members (excludes halogenated alkanes) is 1. The van der Waals surface area contributed by atoms with Crippen LogP contribution in [0.3, 0.4) is 0 Å². The van der Waals surface area contributed by atoms with Crippen LogP contribution in [0.1, 0.15) is 55.2 Å². The monoisotopic (exact) mass is 555 g/mol. The summed E-state index contributed by atoms with van der Waals surface area (Å²) >= 11 is 0. The highest BCUT2D eigenvalue weighted by atomic mass is 16.5. The van der Waals surface area contributed by atoms with E-state index in [-0.39, 0.29) is 19.1 Å². The average Bonchev–Trinajstić information content (AvgIpc) is 3.53. The number of ether oxygens (including phenoxy) is 1. The number of carbonyl (C=O) groups is 3. The molecule has 0 spiro atoms. The molecule has 1 aliphatic heterocycles. The number of likely N-dealkylation sites (tertiary alicyclic amines) is 1. The summed E-state index contributed by atoms with van der Waals surface area (Å²) in [5.41, 5.74) is 4.25. The first-order chi connectivity index (χ1) is 19.9. The summed E-state index contributed by atoms with van der Waals surface area (Å²) in [5.74, 6) is -1.69. The Bertz CT molecular complexity index is 1350. The Balaban J connectivity index is 1.31. The minimum Gasteiger partial charge on any atom is -0.480 e. The van der Waals surface area contributed by atoms with Gasteiger partial charge < -0.3 is 20.5 Å². The number of hydrogen-bond donors (Lipinski definition) is 3. The maximum Gasteiger partial charge on any atom is 0.408 e. The molecule has 1 heterocycles. The zero-order chi connectivity index (χ0) is 28.8. The summed E-state index contributed by atoms with van der Waals surface area (Å²) in [4.78, 5) is 41.0. The molecule has 3 N–H and O–H groups in total. The van der Waals surface area contributed by atoms with Gasteiger partial charge in [0.25, 0.3) is 0 Å². The second kappa shape index (κ2) is 12.6. The van der Waals surface area contributed by atoms with Crippen molar-refractivity contribution in [3.8, 4) is 11.1 Å². The summed E-state index contributed by atoms with van der Waals surface area (Å²) in [6.45, 7) is 3.52. The molecule has 8 nitrogen and oxygen atoms in total. The smallest absolute Gasteiger partial charge is 0.408 e. The molecule has 2 aliphatic rings. The van der Waals surface area contributed by atoms with Gasteiger partial charge in [-0.2, -0.15) is 0 Å². The number of fused-ring (bicyclic) bond motifs is 3. The lowest BCUT2D eigenvalue weighted by Crippen LogP contribution is -2.62. The van der Waals surface area contributed by atoms with Crippen molar-refractivity contribution in [1.82, 2.24) is 15.5 Å². The van der Waals surface area contributed by atoms with Gasteiger partial charge in [0.15, 0.2) is 0 Å². The number of nitrogens with zero attached hydrogens (tertiary/aromatic N) is 1. The summed E-state index contributed by atoms with van der Waals surface area (Å²) in [5, 5.41) is 15.3. The van der Waals surface area contributed by atoms with E-state index in [4.69, 9.17) is 4.74 Å². The second-order valence-corrected chi connectivity index (χ2v) is 11.0. The number of aliphatic carboxylic acids is 1. The van der Waals surface area contributed by atoms with Crippen LogP contribution in [0.5, 0.6) is 0 Å². The van der Waals surface area contributed by atoms with E-state index in [1.807, 2.05) is 61.5 Å². The van der Waals surface area contributed by atoms with Gasteiger partial charge >= 0.3 is 12.1 Å². The molecule has 1 aliphatic carbocycles. The van der Waals surface area contributed by atoms with E-state index < -0.39 is 29.6 Å². The molecule has 1 saturated heterocycles. The minimum atomic E-state index is -1.31. The van der Waals surface area contributed by atoms with Gasteiger partial charge in [-0.3, -0.25) is 9.69 Å². The van der Waals surface area contributed by atoms with Crippen molar-refractivity contribution in [2.45, 2.75) is 56.7 Å². The fraction of sp³-hybridized carbons (Fsp3) is 0.364. The van der Waals surface area contributed by atoms with Gasteiger partial charge in [-0.05, 0) is 40.7 Å². The number of alkyl carbamates (subject to hydrolysis) is 1. The van der Waals surface area contributed by atoms with Crippen molar-refractivity contribution >= 4 is 18.0 Å². The quantitative estimate of drug-likeness (QED) is 0.310. The SMILES string of the molecule is CCCCC(NC(=O)C1(NC(=O)OCC2c3ccccc3-c3ccccc32)CCN(Cc2ccccc2)C1)C(=O)O. The average molecular weight is 556 g/mol. The number of amides is 2. The molecule has 1 fully saturated rings. The third-order valence-corrected chi connectivity index (χ3v) is 8.17. The van der Waals surface area contributed by atoms with Gasteiger partial charge in [0.2, 0.25) is 5.91 Å². The number of carboxylic acids is 1. The van der Waals surface area contributed by atoms with Crippen LogP contribution in [-0.2, 0) is 20.9 Å². The van der Waals surface area contributed by atoms with Crippen molar-refractivity contribution < 1.29 is 24.2 Å². The number of rotatable bonds is 11. The molecule has 8 heteroatoms. The lowest BCUT2D eigenvalue weighted by Gasteiger charge is -2.31. The number of carboxylic acid groups (broad SMARTS) is 1. The molecule has 3 aromatic rings. The highest BCUT2D eigenvalue weighted by Gasteiger charge is 2.47. The Hall–Kier alpha value is -4.17. The third-order valence-electron chi connectivity index (χ3n) is 8.17. The van der Waals surface area contributed by atoms with Gasteiger partial charge in [0.05, 0.1) is 0 Å². The van der Waals surface area contributed by atoms with Crippen LogP contribution in [0.4, 0.5) is 4.79 Å². The van der Waals surface area contributed by atoms with Gasteiger partial charge in [-0.1, -0.05) is 98.6 Å². The fourth-order valence-corrected chi connectivity index (χ4v) is 6.00. The fourth-order valence-electron chi connectivity index (χ4n) is 6.00. The molecular formula is C33H37N3O5. The van der Waals surface area contributed by atoms with Crippen LogP contribution in [0.2, 0.25) is 0 Å². The van der Waals surface area contributed by atoms with Crippen molar-refractivity contribution in [1.29, 1.82) is 0 Å². The number of hydrogen-bond acceptors (Lipinski definition) is 5. The predicted octanol–water partition coefficient (Wildman–Crippen LogP) is 4.93. The van der Waals surface area contributed by atoms with Crippen molar-refractivity contribution in [2.24, 2.45) is 0 Å². The Morgan fingerprint density at radius 1 is 0.976 bits per heavy atom. The van der Waals surface area contributed by atoms with Crippen LogP contribution < -0.4 is 10.6 Å². The third kappa shape index (κ3) is 6.28. The van der Waals surface area contributed by atoms with E-state index in [0.717, 1.165) is 34.2 Å². The van der Waals surface area contributed by atoms with Crippen LogP contribution in [0.25, 0.3) is 11.1 Å². The molecule has 0 aromatic heterocycles. The summed E-state index contributed by atoms with van der Waals surface area (Å²) in [7, 11) is 0. The van der Waals surface area contributed by atoms with Gasteiger partial charge in [0, 0.05) is 25.6 Å². The second-order valence-electron chi connectivity index (χ2n) is 11.0. The lowest BCUT2D eigenvalue weighted by atomic mass is 9.96. The van der Waals surface area contributed by atoms with E-state index in [9.17, 15) is 19.5 Å². The maximum atomic E-state index is 13.7. The first-order valence-corrected chi connectivity index (χ1v) is 14.3. The normalized spacial score (nSPS) is 18.8. The molecule has 3 aromatic carbocycles. The molecule has 0 radical (unpaired) electrons. The molecule has 2 atom stereocenters. The summed E-state index contributed by atoms with van der Waals surface area (Å²) in [6, 6.07) is 25.1. The van der Waals surface area contributed by atoms with E-state index >= 15 is 0 Å². The first kappa shape index (κ1) is 28.4. The van der Waals surface area contributed by atoms with Crippen molar-refractivity contribution in [3.05, 3.63) is 95.6 Å². The maximum absolute atomic E-state index is 13.7. The van der Waals surface area contributed by atoms with Crippen molar-refractivity contribution in [2.75, 3.05) is 19.7 Å². The number of nitrogens with one attached hydrogen (secondary N) is 2. The van der Waals surface area contributed by atoms with E-state index in [2.05, 4.69) is 39.8 Å². The van der Waals surface area contributed by atoms with Crippen LogP contribution in [0.15, 0.2) is 78.9 Å². The molecule has 5 rings (SSSR count). The van der Waals surface area contributed by atoms with E-state index in [1.54, 1.807) is 0 Å². The predicted molar refractivity (Wildman–Crippen MR) is 156 cm³/mol. The van der Waals surface area contributed by atoms with E-state index in [0.29, 0.717) is 32.4 Å². The van der Waals surface area contributed by atoms with Gasteiger partial charge in [-0.25, -0.2) is 9.59 Å². The Kier molecular flexibility index (Phi) is 8.69. The van der Waals surface area contributed by atoms with Gasteiger partial charge in [0.1, 0.15) is 18.2 Å². The zero-order valence-electron chi connectivity index (χ0n) is 23.3. The molecule has 41 heavy (non-hydrogen) atoms. The standard InChI is InChI=1S/C33H37N3O5/c1-2-3-17-29(30(37)38)34-31(39)33(18-19-36(22-33)20-23-11-5-4-6-12-23)35-32(40)41-21-28-26-15-9-7-13-24(26)25-14-8-10-16-27(25)28/h4-16,28-29H,2-3,17-22H2,1H3,(H,34,39)(H,35,40)(H,37,38). The van der Waals surface area contributed by atoms with Crippen molar-refractivity contribution in [3.63, 3.8) is 0 Å². The van der Waals surface area contributed by atoms with Crippen LogP contribution in [-0.4, -0.2) is 59.3 Å². The zero-order valence-corrected chi connectivity index (χ0v) is 23.3. The van der Waals surface area contributed by atoms with Crippen LogP contribution >= 0.6 is 0 Å². The van der Waals surface area contributed by atoms with Gasteiger partial charge in [-0.15, -0.1) is 0 Å². The molecule has 2 unspecified atom stereocenters. The van der Waals surface area contributed by atoms with Crippen LogP contribution in [0, 0.1) is 0 Å². The largest absolute Gasteiger partial charge is 0.480 e. The highest BCUT2D eigenvalue weighted by Crippen LogP contribution is 2.44. The minimum absolute atomic E-state index is 0.110. The molecule has 0 bridgehead atoms. The topological polar surface area (TPSA) is 108 Å². The first-order valence-electron chi connectivity index (χ1n) is 14.3. The molecule has 2 amide bonds. The molecule has 0 saturated carbocycles. The summed E-state index contributed by atoms with van der Waals surface area (Å²) < 4.78 is 5.78. The lowest BCUT2D eigenvalue weighted by molar-refractivity contribution is -0.143. The number of benzene rings is 3. The number of carbonyl (C=O) groups excluding carboxylic acids is 2. The summed E-state index contributed by atoms with van der Waals surface area (Å²) in [6.07, 6.45) is 1.46. The van der Waals surface area contributed by atoms with E-state index in [1.165, 1.54) is 0 Å². The molecular weight excluding hydrogens is 518 g/mol. The Morgan fingerprint density at radius 3 is 2.24 bits per heavy atom. The Morgan fingerprint density at radius 2 is 1.61 bits per heavy atom. The Labute approximate surface area is 240 Å². The highest BCUT2D eigenvalue weighted by molar-refractivity contribution is 5.93. The molecule has 214 valence electrons.